The second kappa shape index (κ2) is 4.26. The predicted octanol–water partition coefficient (Wildman–Crippen LogP) is 0.973. The van der Waals surface area contributed by atoms with Crippen LogP contribution in [0.5, 0.6) is 0 Å². The fourth-order valence-corrected chi connectivity index (χ4v) is 1.40. The third kappa shape index (κ3) is 2.33. The number of nitrogens with zero attached hydrogens (tertiary/aromatic N) is 5. The molecular weight excluding hydrogens is 204 g/mol. The Balaban J connectivity index is 2.24. The summed E-state index contributed by atoms with van der Waals surface area (Å²) in [5, 5.41) is 8.08. The number of hydrogen-bond donors (Lipinski definition) is 1. The van der Waals surface area contributed by atoms with Crippen LogP contribution in [0, 0.1) is 5.92 Å². The van der Waals surface area contributed by atoms with Crippen molar-refractivity contribution in [2.45, 2.75) is 20.4 Å². The van der Waals surface area contributed by atoms with Gasteiger partial charge in [0, 0.05) is 12.7 Å². The maximum absolute atomic E-state index is 5.51. The summed E-state index contributed by atoms with van der Waals surface area (Å²) in [5.41, 5.74) is 6.92. The van der Waals surface area contributed by atoms with Gasteiger partial charge in [0.25, 0.3) is 0 Å². The molecule has 2 aromatic heterocycles. The van der Waals surface area contributed by atoms with E-state index in [0.717, 1.165) is 12.2 Å². The number of aromatic nitrogens is 5. The Morgan fingerprint density at radius 1 is 1.38 bits per heavy atom. The van der Waals surface area contributed by atoms with Gasteiger partial charge >= 0.3 is 0 Å². The SMILES string of the molecule is CC(C)Cn1cc(-c2ccnc(N)n2)nn1. The van der Waals surface area contributed by atoms with Crippen molar-refractivity contribution in [1.29, 1.82) is 0 Å². The van der Waals surface area contributed by atoms with Crippen LogP contribution >= 0.6 is 0 Å². The van der Waals surface area contributed by atoms with Gasteiger partial charge in [-0.1, -0.05) is 19.1 Å². The van der Waals surface area contributed by atoms with E-state index in [1.807, 2.05) is 6.20 Å². The molecule has 2 rings (SSSR count). The Hall–Kier alpha value is -1.98. The fraction of sp³-hybridized carbons (Fsp3) is 0.400. The van der Waals surface area contributed by atoms with Crippen molar-refractivity contribution >= 4 is 5.95 Å². The molecule has 16 heavy (non-hydrogen) atoms. The summed E-state index contributed by atoms with van der Waals surface area (Å²) < 4.78 is 1.80. The monoisotopic (exact) mass is 218 g/mol. The number of nitrogens with two attached hydrogens (primary N) is 1. The van der Waals surface area contributed by atoms with Crippen LogP contribution in [0.15, 0.2) is 18.5 Å². The molecule has 0 radical (unpaired) electrons. The van der Waals surface area contributed by atoms with E-state index in [2.05, 4.69) is 34.1 Å². The van der Waals surface area contributed by atoms with Crippen LogP contribution in [-0.2, 0) is 6.54 Å². The minimum atomic E-state index is 0.246. The van der Waals surface area contributed by atoms with Crippen LogP contribution in [0.2, 0.25) is 0 Å². The highest BCUT2D eigenvalue weighted by atomic mass is 15.4. The lowest BCUT2D eigenvalue weighted by molar-refractivity contribution is 0.472. The van der Waals surface area contributed by atoms with E-state index in [1.54, 1.807) is 16.9 Å². The molecule has 0 aromatic carbocycles. The molecule has 0 fully saturated rings. The maximum atomic E-state index is 5.51. The molecule has 0 aliphatic carbocycles. The lowest BCUT2D eigenvalue weighted by Crippen LogP contribution is -2.04. The molecule has 6 heteroatoms. The van der Waals surface area contributed by atoms with Gasteiger partial charge in [-0.05, 0) is 12.0 Å². The predicted molar refractivity (Wildman–Crippen MR) is 60.3 cm³/mol. The van der Waals surface area contributed by atoms with Gasteiger partial charge < -0.3 is 5.73 Å². The lowest BCUT2D eigenvalue weighted by atomic mass is 10.2. The zero-order chi connectivity index (χ0) is 11.5. The zero-order valence-corrected chi connectivity index (χ0v) is 9.33. The molecule has 0 saturated carbocycles. The molecule has 0 aliphatic heterocycles. The largest absolute Gasteiger partial charge is 0.368 e. The summed E-state index contributed by atoms with van der Waals surface area (Å²) in [7, 11) is 0. The average molecular weight is 218 g/mol. The maximum Gasteiger partial charge on any atom is 0.220 e. The van der Waals surface area contributed by atoms with Crippen molar-refractivity contribution in [3.63, 3.8) is 0 Å². The van der Waals surface area contributed by atoms with Gasteiger partial charge in [-0.25, -0.2) is 9.97 Å². The molecule has 0 bridgehead atoms. The van der Waals surface area contributed by atoms with Crippen molar-refractivity contribution in [2.24, 2.45) is 5.92 Å². The number of rotatable bonds is 3. The van der Waals surface area contributed by atoms with Crippen molar-refractivity contribution < 1.29 is 0 Å². The number of hydrogen-bond acceptors (Lipinski definition) is 5. The fourth-order valence-electron chi connectivity index (χ4n) is 1.40. The van der Waals surface area contributed by atoms with Crippen LogP contribution < -0.4 is 5.73 Å². The molecule has 0 spiro atoms. The van der Waals surface area contributed by atoms with E-state index in [9.17, 15) is 0 Å². The van der Waals surface area contributed by atoms with E-state index in [1.165, 1.54) is 0 Å². The summed E-state index contributed by atoms with van der Waals surface area (Å²) in [6.07, 6.45) is 3.47. The van der Waals surface area contributed by atoms with Crippen LogP contribution in [0.4, 0.5) is 5.95 Å². The minimum Gasteiger partial charge on any atom is -0.368 e. The first-order valence-electron chi connectivity index (χ1n) is 5.14. The Kier molecular flexibility index (Phi) is 2.80. The van der Waals surface area contributed by atoms with Crippen LogP contribution in [-0.4, -0.2) is 25.0 Å². The van der Waals surface area contributed by atoms with Gasteiger partial charge in [-0.2, -0.15) is 0 Å². The topological polar surface area (TPSA) is 82.5 Å². The lowest BCUT2D eigenvalue weighted by Gasteiger charge is -2.01. The Bertz CT molecular complexity index is 476. The van der Waals surface area contributed by atoms with Crippen LogP contribution in [0.1, 0.15) is 13.8 Å². The molecular formula is C10H14N6. The smallest absolute Gasteiger partial charge is 0.220 e. The second-order valence-corrected chi connectivity index (χ2v) is 4.02. The molecule has 0 atom stereocenters. The van der Waals surface area contributed by atoms with Crippen molar-refractivity contribution in [1.82, 2.24) is 25.0 Å². The molecule has 0 amide bonds. The molecule has 0 aliphatic rings. The van der Waals surface area contributed by atoms with Crippen molar-refractivity contribution in [3.05, 3.63) is 18.5 Å². The van der Waals surface area contributed by atoms with Gasteiger partial charge in [0.05, 0.1) is 11.9 Å². The summed E-state index contributed by atoms with van der Waals surface area (Å²) in [5.74, 6) is 0.779. The highest BCUT2D eigenvalue weighted by Gasteiger charge is 2.06. The third-order valence-electron chi connectivity index (χ3n) is 2.03. The Morgan fingerprint density at radius 2 is 2.19 bits per heavy atom. The molecule has 2 aromatic rings. The summed E-state index contributed by atoms with van der Waals surface area (Å²) in [4.78, 5) is 7.92. The summed E-state index contributed by atoms with van der Waals surface area (Å²) in [6.45, 7) is 5.10. The second-order valence-electron chi connectivity index (χ2n) is 4.02. The van der Waals surface area contributed by atoms with E-state index in [4.69, 9.17) is 5.73 Å². The Morgan fingerprint density at radius 3 is 2.88 bits per heavy atom. The van der Waals surface area contributed by atoms with E-state index in [-0.39, 0.29) is 5.95 Å². The molecule has 0 unspecified atom stereocenters. The van der Waals surface area contributed by atoms with Crippen molar-refractivity contribution in [2.75, 3.05) is 5.73 Å². The first kappa shape index (κ1) is 10.5. The molecule has 2 heterocycles. The van der Waals surface area contributed by atoms with Crippen LogP contribution in [0.25, 0.3) is 11.4 Å². The van der Waals surface area contributed by atoms with E-state index in [0.29, 0.717) is 11.6 Å². The first-order chi connectivity index (χ1) is 7.65. The van der Waals surface area contributed by atoms with Gasteiger partial charge in [0.2, 0.25) is 5.95 Å². The Labute approximate surface area is 93.5 Å². The van der Waals surface area contributed by atoms with Gasteiger partial charge in [-0.3, -0.25) is 4.68 Å². The van der Waals surface area contributed by atoms with E-state index < -0.39 is 0 Å². The average Bonchev–Trinajstić information content (AvgIpc) is 2.65. The third-order valence-corrected chi connectivity index (χ3v) is 2.03. The molecule has 0 saturated heterocycles. The van der Waals surface area contributed by atoms with Gasteiger partial charge in [-0.15, -0.1) is 5.10 Å². The molecule has 6 nitrogen and oxygen atoms in total. The quantitative estimate of drug-likeness (QED) is 0.830. The minimum absolute atomic E-state index is 0.246. The van der Waals surface area contributed by atoms with Gasteiger partial charge in [0.1, 0.15) is 5.69 Å². The van der Waals surface area contributed by atoms with E-state index >= 15 is 0 Å². The first-order valence-corrected chi connectivity index (χ1v) is 5.14. The standard InChI is InChI=1S/C10H14N6/c1-7(2)5-16-6-9(14-15-16)8-3-4-12-10(11)13-8/h3-4,6-7H,5H2,1-2H3,(H2,11,12,13). The zero-order valence-electron chi connectivity index (χ0n) is 9.33. The highest BCUT2D eigenvalue weighted by molar-refractivity contribution is 5.52. The molecule has 2 N–H and O–H groups in total. The van der Waals surface area contributed by atoms with Crippen molar-refractivity contribution in [3.8, 4) is 11.4 Å². The summed E-state index contributed by atoms with van der Waals surface area (Å²) >= 11 is 0. The van der Waals surface area contributed by atoms with Gasteiger partial charge in [0.15, 0.2) is 0 Å². The number of anilines is 1. The highest BCUT2D eigenvalue weighted by Crippen LogP contribution is 2.13. The molecule has 84 valence electrons. The van der Waals surface area contributed by atoms with Crippen LogP contribution in [0.3, 0.4) is 0 Å². The summed E-state index contributed by atoms with van der Waals surface area (Å²) in [6, 6.07) is 1.76. The number of nitrogen functional groups attached to an aromatic ring is 1. The normalized spacial score (nSPS) is 10.9.